The van der Waals surface area contributed by atoms with Gasteiger partial charge in [-0.2, -0.15) is 0 Å². The second-order valence-electron chi connectivity index (χ2n) is 4.36. The van der Waals surface area contributed by atoms with E-state index in [-0.39, 0.29) is 10.6 Å². The SMILES string of the molecule is Cc1nc(CCCOc2ccc(F)c(F)c2)sc1C(=O)O. The number of thiazole rings is 1. The summed E-state index contributed by atoms with van der Waals surface area (Å²) in [5.74, 6) is -2.58. The second-order valence-corrected chi connectivity index (χ2v) is 5.44. The lowest BCUT2D eigenvalue weighted by atomic mass is 10.3. The first-order valence-electron chi connectivity index (χ1n) is 6.25. The third kappa shape index (κ3) is 3.98. The second kappa shape index (κ2) is 6.62. The zero-order valence-corrected chi connectivity index (χ0v) is 12.0. The molecular formula is C14H13F2NO3S. The van der Waals surface area contributed by atoms with Crippen LogP contribution in [0.15, 0.2) is 18.2 Å². The van der Waals surface area contributed by atoms with Gasteiger partial charge in [-0.15, -0.1) is 11.3 Å². The van der Waals surface area contributed by atoms with Crippen LogP contribution in [-0.4, -0.2) is 22.7 Å². The maximum absolute atomic E-state index is 13.0. The number of halogens is 2. The van der Waals surface area contributed by atoms with Gasteiger partial charge in [0.2, 0.25) is 0 Å². The summed E-state index contributed by atoms with van der Waals surface area (Å²) in [7, 11) is 0. The Morgan fingerprint density at radius 1 is 1.38 bits per heavy atom. The molecule has 1 heterocycles. The van der Waals surface area contributed by atoms with Crippen LogP contribution in [0.4, 0.5) is 8.78 Å². The molecule has 0 bridgehead atoms. The molecule has 0 saturated carbocycles. The molecule has 21 heavy (non-hydrogen) atoms. The third-order valence-corrected chi connectivity index (χ3v) is 3.94. The standard InChI is InChI=1S/C14H13F2NO3S/c1-8-13(14(18)19)21-12(17-8)3-2-6-20-9-4-5-10(15)11(16)7-9/h4-5,7H,2-3,6H2,1H3,(H,18,19). The first kappa shape index (κ1) is 15.4. The van der Waals surface area contributed by atoms with Crippen molar-refractivity contribution in [2.45, 2.75) is 19.8 Å². The molecule has 7 heteroatoms. The zero-order valence-electron chi connectivity index (χ0n) is 11.2. The molecule has 0 amide bonds. The highest BCUT2D eigenvalue weighted by atomic mass is 32.1. The monoisotopic (exact) mass is 313 g/mol. The van der Waals surface area contributed by atoms with E-state index in [1.165, 1.54) is 6.07 Å². The predicted molar refractivity (Wildman–Crippen MR) is 74.0 cm³/mol. The van der Waals surface area contributed by atoms with Crippen molar-refractivity contribution in [3.8, 4) is 5.75 Å². The van der Waals surface area contributed by atoms with E-state index in [1.54, 1.807) is 6.92 Å². The van der Waals surface area contributed by atoms with Gasteiger partial charge in [0.05, 0.1) is 17.3 Å². The van der Waals surface area contributed by atoms with Gasteiger partial charge in [0.1, 0.15) is 10.6 Å². The molecular weight excluding hydrogens is 300 g/mol. The number of carboxylic acids is 1. The summed E-state index contributed by atoms with van der Waals surface area (Å²) in [5, 5.41) is 9.65. The molecule has 0 fully saturated rings. The molecule has 112 valence electrons. The normalized spacial score (nSPS) is 10.6. The Morgan fingerprint density at radius 3 is 2.76 bits per heavy atom. The summed E-state index contributed by atoms with van der Waals surface area (Å²) in [5.41, 5.74) is 0.504. The topological polar surface area (TPSA) is 59.4 Å². The van der Waals surface area contributed by atoms with Crippen LogP contribution in [0.3, 0.4) is 0 Å². The first-order chi connectivity index (χ1) is 9.97. The van der Waals surface area contributed by atoms with Crippen molar-refractivity contribution < 1.29 is 23.4 Å². The fraction of sp³-hybridized carbons (Fsp3) is 0.286. The maximum atomic E-state index is 13.0. The Labute approximate surface area is 124 Å². The van der Waals surface area contributed by atoms with E-state index >= 15 is 0 Å². The molecule has 1 N–H and O–H groups in total. The summed E-state index contributed by atoms with van der Waals surface area (Å²) in [4.78, 5) is 15.3. The third-order valence-electron chi connectivity index (χ3n) is 2.73. The van der Waals surface area contributed by atoms with Crippen molar-refractivity contribution >= 4 is 17.3 Å². The summed E-state index contributed by atoms with van der Waals surface area (Å²) in [6.45, 7) is 1.97. The number of hydrogen-bond acceptors (Lipinski definition) is 4. The molecule has 1 aromatic carbocycles. The number of carbonyl (C=O) groups is 1. The van der Waals surface area contributed by atoms with Crippen LogP contribution >= 0.6 is 11.3 Å². The van der Waals surface area contributed by atoms with Gasteiger partial charge < -0.3 is 9.84 Å². The largest absolute Gasteiger partial charge is 0.493 e. The Hall–Kier alpha value is -2.02. The number of aromatic nitrogens is 1. The number of ether oxygens (including phenoxy) is 1. The van der Waals surface area contributed by atoms with Crippen LogP contribution in [0, 0.1) is 18.6 Å². The van der Waals surface area contributed by atoms with Gasteiger partial charge >= 0.3 is 5.97 Å². The smallest absolute Gasteiger partial charge is 0.347 e. The predicted octanol–water partition coefficient (Wildman–Crippen LogP) is 3.44. The lowest BCUT2D eigenvalue weighted by Crippen LogP contribution is -2.00. The number of carboxylic acid groups (broad SMARTS) is 1. The molecule has 0 aliphatic carbocycles. The molecule has 0 atom stereocenters. The van der Waals surface area contributed by atoms with Crippen molar-refractivity contribution in [1.29, 1.82) is 0 Å². The minimum atomic E-state index is -0.978. The summed E-state index contributed by atoms with van der Waals surface area (Å²) < 4.78 is 31.0. The van der Waals surface area contributed by atoms with Crippen molar-refractivity contribution in [2.24, 2.45) is 0 Å². The number of nitrogens with zero attached hydrogens (tertiary/aromatic N) is 1. The average molecular weight is 313 g/mol. The molecule has 0 unspecified atom stereocenters. The number of hydrogen-bond donors (Lipinski definition) is 1. The van der Waals surface area contributed by atoms with Crippen molar-refractivity contribution in [1.82, 2.24) is 4.98 Å². The van der Waals surface area contributed by atoms with E-state index in [2.05, 4.69) is 4.98 Å². The highest BCUT2D eigenvalue weighted by Gasteiger charge is 2.13. The summed E-state index contributed by atoms with van der Waals surface area (Å²) in [6.07, 6.45) is 1.17. The lowest BCUT2D eigenvalue weighted by molar-refractivity contribution is 0.0701. The molecule has 4 nitrogen and oxygen atoms in total. The molecule has 2 aromatic rings. The van der Waals surface area contributed by atoms with Crippen LogP contribution in [0.25, 0.3) is 0 Å². The quantitative estimate of drug-likeness (QED) is 0.830. The van der Waals surface area contributed by atoms with E-state index in [0.29, 0.717) is 25.1 Å². The van der Waals surface area contributed by atoms with Crippen LogP contribution in [0.2, 0.25) is 0 Å². The maximum Gasteiger partial charge on any atom is 0.347 e. The summed E-state index contributed by atoms with van der Waals surface area (Å²) >= 11 is 1.14. The van der Waals surface area contributed by atoms with Gasteiger partial charge in [0, 0.05) is 12.5 Å². The number of aryl methyl sites for hydroxylation is 2. The van der Waals surface area contributed by atoms with Gasteiger partial charge in [-0.25, -0.2) is 18.6 Å². The first-order valence-corrected chi connectivity index (χ1v) is 7.06. The number of benzene rings is 1. The Kier molecular flexibility index (Phi) is 4.85. The zero-order chi connectivity index (χ0) is 15.4. The fourth-order valence-corrected chi connectivity index (χ4v) is 2.68. The average Bonchev–Trinajstić information content (AvgIpc) is 2.80. The molecule has 0 aliphatic rings. The molecule has 1 aromatic heterocycles. The van der Waals surface area contributed by atoms with Crippen molar-refractivity contribution in [2.75, 3.05) is 6.61 Å². The Balaban J connectivity index is 1.83. The molecule has 0 spiro atoms. The lowest BCUT2D eigenvalue weighted by Gasteiger charge is -2.05. The number of rotatable bonds is 6. The Bertz CT molecular complexity index is 658. The Morgan fingerprint density at radius 2 is 2.14 bits per heavy atom. The van der Waals surface area contributed by atoms with Crippen molar-refractivity contribution in [3.63, 3.8) is 0 Å². The van der Waals surface area contributed by atoms with E-state index in [1.807, 2.05) is 0 Å². The van der Waals surface area contributed by atoms with Gasteiger partial charge in [0.15, 0.2) is 11.6 Å². The van der Waals surface area contributed by atoms with Crippen LogP contribution in [0.5, 0.6) is 5.75 Å². The molecule has 2 rings (SSSR count). The fourth-order valence-electron chi connectivity index (χ4n) is 1.74. The van der Waals surface area contributed by atoms with Crippen molar-refractivity contribution in [3.05, 3.63) is 45.4 Å². The van der Waals surface area contributed by atoms with Gasteiger partial charge in [-0.3, -0.25) is 0 Å². The highest BCUT2D eigenvalue weighted by molar-refractivity contribution is 7.13. The van der Waals surface area contributed by atoms with E-state index in [0.717, 1.165) is 28.5 Å². The van der Waals surface area contributed by atoms with Crippen LogP contribution in [-0.2, 0) is 6.42 Å². The molecule has 0 aliphatic heterocycles. The molecule has 0 saturated heterocycles. The van der Waals surface area contributed by atoms with E-state index < -0.39 is 17.6 Å². The van der Waals surface area contributed by atoms with E-state index in [9.17, 15) is 13.6 Å². The van der Waals surface area contributed by atoms with Gasteiger partial charge in [-0.05, 0) is 25.5 Å². The summed E-state index contributed by atoms with van der Waals surface area (Å²) in [6, 6.07) is 3.36. The molecule has 0 radical (unpaired) electrons. The number of aromatic carboxylic acids is 1. The van der Waals surface area contributed by atoms with Crippen LogP contribution < -0.4 is 4.74 Å². The minimum Gasteiger partial charge on any atom is -0.493 e. The van der Waals surface area contributed by atoms with Gasteiger partial charge in [0.25, 0.3) is 0 Å². The highest BCUT2D eigenvalue weighted by Crippen LogP contribution is 2.20. The van der Waals surface area contributed by atoms with Crippen LogP contribution in [0.1, 0.15) is 26.8 Å². The minimum absolute atomic E-state index is 0.242. The van der Waals surface area contributed by atoms with Gasteiger partial charge in [-0.1, -0.05) is 0 Å². The van der Waals surface area contributed by atoms with E-state index in [4.69, 9.17) is 9.84 Å².